The van der Waals surface area contributed by atoms with E-state index in [0.717, 1.165) is 5.57 Å². The monoisotopic (exact) mass is 309 g/mol. The number of methoxy groups -OCH3 is 1. The van der Waals surface area contributed by atoms with Gasteiger partial charge in [-0.15, -0.1) is 0 Å². The van der Waals surface area contributed by atoms with Crippen LogP contribution in [-0.4, -0.2) is 41.9 Å². The summed E-state index contributed by atoms with van der Waals surface area (Å²) in [6.45, 7) is 5.92. The summed E-state index contributed by atoms with van der Waals surface area (Å²) in [7, 11) is 1.56. The molecule has 0 saturated carbocycles. The van der Waals surface area contributed by atoms with Gasteiger partial charge >= 0.3 is 6.09 Å². The van der Waals surface area contributed by atoms with Gasteiger partial charge in [0.05, 0.1) is 13.2 Å². The number of aromatic nitrogens is 1. The molecule has 0 N–H and O–H groups in total. The summed E-state index contributed by atoms with van der Waals surface area (Å²) in [6.07, 6.45) is 2.53. The van der Waals surface area contributed by atoms with Crippen LogP contribution in [-0.2, 0) is 9.47 Å². The van der Waals surface area contributed by atoms with E-state index in [4.69, 9.17) is 9.47 Å². The van der Waals surface area contributed by atoms with Gasteiger partial charge in [-0.2, -0.15) is 0 Å². The quantitative estimate of drug-likeness (QED) is 0.859. The molecule has 0 atom stereocenters. The zero-order valence-corrected chi connectivity index (χ0v) is 13.2. The highest BCUT2D eigenvalue weighted by atomic mass is 19.1. The van der Waals surface area contributed by atoms with Crippen molar-refractivity contribution in [1.29, 1.82) is 0 Å². The van der Waals surface area contributed by atoms with Crippen molar-refractivity contribution in [3.05, 3.63) is 35.9 Å². The molecule has 2 heterocycles. The van der Waals surface area contributed by atoms with Gasteiger partial charge in [-0.05, 0) is 38.5 Å². The first-order valence-corrected chi connectivity index (χ1v) is 6.90. The number of nitrogens with zero attached hydrogens (tertiary/aromatic N) is 3. The van der Waals surface area contributed by atoms with Crippen LogP contribution in [0.5, 0.6) is 0 Å². The number of halogens is 1. The van der Waals surface area contributed by atoms with Gasteiger partial charge in [-0.1, -0.05) is 0 Å². The number of pyridine rings is 1. The Bertz CT molecular complexity index is 584. The van der Waals surface area contributed by atoms with Crippen LogP contribution in [0.25, 0.3) is 0 Å². The fraction of sp³-hybridized carbons (Fsp3) is 0.467. The average molecular weight is 309 g/mol. The molecule has 22 heavy (non-hydrogen) atoms. The van der Waals surface area contributed by atoms with Gasteiger partial charge in [0.1, 0.15) is 5.60 Å². The third-order valence-electron chi connectivity index (χ3n) is 2.81. The van der Waals surface area contributed by atoms with Crippen molar-refractivity contribution >= 4 is 11.9 Å². The molecule has 0 bridgehead atoms. The second-order valence-electron chi connectivity index (χ2n) is 5.91. The lowest BCUT2D eigenvalue weighted by Crippen LogP contribution is -2.44. The minimum atomic E-state index is -0.643. The minimum Gasteiger partial charge on any atom is -0.442 e. The van der Waals surface area contributed by atoms with E-state index < -0.39 is 17.5 Å². The first kappa shape index (κ1) is 16.2. The Morgan fingerprint density at radius 1 is 1.45 bits per heavy atom. The molecule has 1 amide bonds. The first-order valence-electron chi connectivity index (χ1n) is 6.90. The van der Waals surface area contributed by atoms with Crippen molar-refractivity contribution in [2.45, 2.75) is 26.4 Å². The Labute approximate surface area is 129 Å². The van der Waals surface area contributed by atoms with E-state index in [-0.39, 0.29) is 12.4 Å². The molecule has 0 unspecified atom stereocenters. The molecule has 7 heteroatoms. The van der Waals surface area contributed by atoms with Crippen LogP contribution in [0.1, 0.15) is 20.8 Å². The molecule has 1 aliphatic heterocycles. The maximum atomic E-state index is 14.0. The van der Waals surface area contributed by atoms with Crippen LogP contribution in [0.4, 0.5) is 15.0 Å². The smallest absolute Gasteiger partial charge is 0.429 e. The molecule has 0 radical (unpaired) electrons. The third-order valence-corrected chi connectivity index (χ3v) is 2.81. The van der Waals surface area contributed by atoms with Crippen molar-refractivity contribution in [1.82, 2.24) is 9.99 Å². The molecule has 2 rings (SSSR count). The van der Waals surface area contributed by atoms with Crippen LogP contribution in [0, 0.1) is 5.82 Å². The first-order chi connectivity index (χ1) is 10.3. The normalized spacial score (nSPS) is 15.0. The average Bonchev–Trinajstić information content (AvgIpc) is 2.82. The Hall–Kier alpha value is -2.15. The highest BCUT2D eigenvalue weighted by molar-refractivity contribution is 5.73. The SMILES string of the molecule is COCC1=CN(c2ncccc2F)N(C(=O)OC(C)(C)C)C1. The third kappa shape index (κ3) is 3.73. The number of rotatable bonds is 3. The molecule has 0 fully saturated rings. The molecule has 0 spiro atoms. The zero-order valence-electron chi connectivity index (χ0n) is 13.2. The van der Waals surface area contributed by atoms with Gasteiger partial charge in [0.25, 0.3) is 0 Å². The Morgan fingerprint density at radius 2 is 2.18 bits per heavy atom. The number of hydrogen-bond donors (Lipinski definition) is 0. The predicted molar refractivity (Wildman–Crippen MR) is 79.6 cm³/mol. The van der Waals surface area contributed by atoms with Gasteiger partial charge < -0.3 is 9.47 Å². The van der Waals surface area contributed by atoms with Crippen molar-refractivity contribution in [3.8, 4) is 0 Å². The highest BCUT2D eigenvalue weighted by Crippen LogP contribution is 2.26. The summed E-state index contributed by atoms with van der Waals surface area (Å²) < 4.78 is 24.4. The number of carbonyl (C=O) groups is 1. The van der Waals surface area contributed by atoms with Crippen LogP contribution in [0.3, 0.4) is 0 Å². The minimum absolute atomic E-state index is 0.0412. The summed E-state index contributed by atoms with van der Waals surface area (Å²) in [4.78, 5) is 16.3. The lowest BCUT2D eigenvalue weighted by Gasteiger charge is -2.30. The van der Waals surface area contributed by atoms with E-state index in [0.29, 0.717) is 6.61 Å². The van der Waals surface area contributed by atoms with Gasteiger partial charge in [-0.3, -0.25) is 0 Å². The van der Waals surface area contributed by atoms with Crippen LogP contribution >= 0.6 is 0 Å². The number of ether oxygens (including phenoxy) is 2. The van der Waals surface area contributed by atoms with E-state index in [1.807, 2.05) is 0 Å². The second-order valence-corrected chi connectivity index (χ2v) is 5.91. The second kappa shape index (κ2) is 6.31. The molecule has 0 aliphatic carbocycles. The van der Waals surface area contributed by atoms with Gasteiger partial charge in [-0.25, -0.2) is 24.2 Å². The molecule has 1 aromatic heterocycles. The van der Waals surface area contributed by atoms with Crippen molar-refractivity contribution in [2.24, 2.45) is 0 Å². The van der Waals surface area contributed by atoms with E-state index in [9.17, 15) is 9.18 Å². The summed E-state index contributed by atoms with van der Waals surface area (Å²) >= 11 is 0. The summed E-state index contributed by atoms with van der Waals surface area (Å²) in [6, 6.07) is 2.78. The highest BCUT2D eigenvalue weighted by Gasteiger charge is 2.33. The maximum Gasteiger partial charge on any atom is 0.429 e. The molecule has 0 saturated heterocycles. The molecule has 1 aromatic rings. The summed E-state index contributed by atoms with van der Waals surface area (Å²) in [5.74, 6) is -0.481. The maximum absolute atomic E-state index is 14.0. The van der Waals surface area contributed by atoms with Gasteiger partial charge in [0.2, 0.25) is 0 Å². The summed E-state index contributed by atoms with van der Waals surface area (Å²) in [5, 5.41) is 2.66. The number of hydrazine groups is 1. The van der Waals surface area contributed by atoms with Crippen LogP contribution < -0.4 is 5.01 Å². The number of carbonyl (C=O) groups excluding carboxylic acids is 1. The predicted octanol–water partition coefficient (Wildman–Crippen LogP) is 2.72. The lowest BCUT2D eigenvalue weighted by atomic mass is 10.2. The fourth-order valence-corrected chi connectivity index (χ4v) is 2.01. The molecule has 0 aromatic carbocycles. The lowest BCUT2D eigenvalue weighted by molar-refractivity contribution is 0.0274. The van der Waals surface area contributed by atoms with Crippen molar-refractivity contribution < 1.29 is 18.7 Å². The largest absolute Gasteiger partial charge is 0.442 e. The molecule has 120 valence electrons. The Kier molecular flexibility index (Phi) is 4.65. The van der Waals surface area contributed by atoms with Crippen LogP contribution in [0.2, 0.25) is 0 Å². The molecule has 1 aliphatic rings. The molecular weight excluding hydrogens is 289 g/mol. The fourth-order valence-electron chi connectivity index (χ4n) is 2.01. The van der Waals surface area contributed by atoms with E-state index >= 15 is 0 Å². The zero-order chi connectivity index (χ0) is 16.3. The van der Waals surface area contributed by atoms with Crippen LogP contribution in [0.15, 0.2) is 30.1 Å². The number of amides is 1. The topological polar surface area (TPSA) is 54.9 Å². The van der Waals surface area contributed by atoms with Crippen molar-refractivity contribution in [3.63, 3.8) is 0 Å². The van der Waals surface area contributed by atoms with E-state index in [1.54, 1.807) is 34.1 Å². The number of anilines is 1. The van der Waals surface area contributed by atoms with Gasteiger partial charge in [0.15, 0.2) is 11.6 Å². The molecule has 6 nitrogen and oxygen atoms in total. The molecular formula is C15H20FN3O3. The van der Waals surface area contributed by atoms with E-state index in [2.05, 4.69) is 4.98 Å². The standard InChI is InChI=1S/C15H20FN3O3/c1-15(2,3)22-14(20)19-9-11(10-21-4)8-18(19)13-12(16)6-5-7-17-13/h5-8H,9-10H2,1-4H3. The Morgan fingerprint density at radius 3 is 2.77 bits per heavy atom. The van der Waals surface area contributed by atoms with Crippen molar-refractivity contribution in [2.75, 3.05) is 25.3 Å². The number of hydrogen-bond acceptors (Lipinski definition) is 5. The van der Waals surface area contributed by atoms with E-state index in [1.165, 1.54) is 28.3 Å². The van der Waals surface area contributed by atoms with Gasteiger partial charge in [0, 0.05) is 19.5 Å². The Balaban J connectivity index is 2.29. The summed E-state index contributed by atoms with van der Waals surface area (Å²) in [5.41, 5.74) is 0.175.